The molecule has 0 aliphatic heterocycles. The molecule has 0 fully saturated rings. The van der Waals surface area contributed by atoms with Crippen LogP contribution in [0.25, 0.3) is 49.5 Å². The molecule has 0 unspecified atom stereocenters. The average Bonchev–Trinajstić information content (AvgIpc) is 3.44. The first-order valence-corrected chi connectivity index (χ1v) is 11.2. The van der Waals surface area contributed by atoms with Crippen molar-refractivity contribution in [3.63, 3.8) is 0 Å². The van der Waals surface area contributed by atoms with Gasteiger partial charge in [0.15, 0.2) is 0 Å². The maximum Gasteiger partial charge on any atom is 0.102 e. The first-order valence-electron chi connectivity index (χ1n) is 15.7. The monoisotopic (exact) mass is 666 g/mol. The molecule has 0 amide bonds. The van der Waals surface area contributed by atoms with Crippen molar-refractivity contribution in [3.8, 4) is 11.3 Å². The molecule has 7 aromatic rings. The summed E-state index contributed by atoms with van der Waals surface area (Å²) < 4.78 is 70.8. The van der Waals surface area contributed by atoms with E-state index in [0.717, 1.165) is 22.2 Å². The minimum Gasteiger partial charge on any atom is -0.339 e. The van der Waals surface area contributed by atoms with Crippen LogP contribution >= 0.6 is 0 Å². The van der Waals surface area contributed by atoms with Gasteiger partial charge in [0.2, 0.25) is 0 Å². The Morgan fingerprint density at radius 1 is 0.838 bits per heavy atom. The van der Waals surface area contributed by atoms with Gasteiger partial charge >= 0.3 is 0 Å². The van der Waals surface area contributed by atoms with E-state index in [-0.39, 0.29) is 42.7 Å². The number of nitrogens with zero attached hydrogens (tertiary/aromatic N) is 4. The molecule has 4 nitrogen and oxygen atoms in total. The fraction of sp³-hybridized carbons (Fsp3) is 0.0938. The molecule has 0 aliphatic rings. The van der Waals surface area contributed by atoms with Crippen molar-refractivity contribution in [1.29, 1.82) is 0 Å². The van der Waals surface area contributed by atoms with Crippen LogP contribution in [0.1, 0.15) is 29.4 Å². The Bertz CT molecular complexity index is 2170. The van der Waals surface area contributed by atoms with Crippen LogP contribution in [0.15, 0.2) is 91.1 Å². The van der Waals surface area contributed by atoms with Gasteiger partial charge in [-0.2, -0.15) is 0 Å². The van der Waals surface area contributed by atoms with Crippen LogP contribution in [0.3, 0.4) is 0 Å². The zero-order chi connectivity index (χ0) is 32.1. The van der Waals surface area contributed by atoms with Crippen LogP contribution in [0.2, 0.25) is 0 Å². The molecule has 4 aromatic heterocycles. The summed E-state index contributed by atoms with van der Waals surface area (Å²) in [4.78, 5) is 13.0. The molecule has 0 atom stereocenters. The van der Waals surface area contributed by atoms with Gasteiger partial charge in [-0.15, -0.1) is 65.5 Å². The largest absolute Gasteiger partial charge is 0.339 e. The van der Waals surface area contributed by atoms with Crippen molar-refractivity contribution < 1.29 is 32.4 Å². The maximum absolute atomic E-state index is 7.96. The summed E-state index contributed by atoms with van der Waals surface area (Å²) >= 11 is 0. The Hall–Kier alpha value is -3.92. The van der Waals surface area contributed by atoms with E-state index in [1.54, 1.807) is 36.4 Å². The summed E-state index contributed by atoms with van der Waals surface area (Å²) in [5.41, 5.74) is 3.68. The van der Waals surface area contributed by atoms with Gasteiger partial charge in [-0.25, -0.2) is 4.98 Å². The van der Waals surface area contributed by atoms with Crippen molar-refractivity contribution in [2.75, 3.05) is 0 Å². The van der Waals surface area contributed by atoms with Crippen LogP contribution in [-0.2, 0) is 20.1 Å². The molecule has 37 heavy (non-hydrogen) atoms. The van der Waals surface area contributed by atoms with Gasteiger partial charge in [0.1, 0.15) is 5.82 Å². The van der Waals surface area contributed by atoms with E-state index < -0.39 is 20.6 Å². The first-order chi connectivity index (χ1) is 21.2. The molecular formula is C32H24IrN4-2. The van der Waals surface area contributed by atoms with E-state index in [4.69, 9.17) is 17.3 Å². The maximum atomic E-state index is 7.96. The Balaban J connectivity index is 0.000000209. The van der Waals surface area contributed by atoms with Gasteiger partial charge in [-0.3, -0.25) is 4.98 Å². The smallest absolute Gasteiger partial charge is 0.102 e. The van der Waals surface area contributed by atoms with Gasteiger partial charge in [0.05, 0.1) is 16.7 Å². The van der Waals surface area contributed by atoms with Crippen LogP contribution in [0.4, 0.5) is 0 Å². The van der Waals surface area contributed by atoms with Gasteiger partial charge in [-0.05, 0) is 54.2 Å². The third-order valence-corrected chi connectivity index (χ3v) is 5.92. The number of aromatic nitrogens is 4. The number of imidazole rings is 1. The topological polar surface area (TPSA) is 43.1 Å². The van der Waals surface area contributed by atoms with Crippen molar-refractivity contribution in [1.82, 2.24) is 19.4 Å². The predicted molar refractivity (Wildman–Crippen MR) is 147 cm³/mol. The summed E-state index contributed by atoms with van der Waals surface area (Å²) in [7, 11) is 0. The van der Waals surface area contributed by atoms with Gasteiger partial charge < -0.3 is 9.38 Å². The normalized spacial score (nSPS) is 15.5. The van der Waals surface area contributed by atoms with E-state index in [1.807, 2.05) is 48.5 Å². The van der Waals surface area contributed by atoms with Crippen molar-refractivity contribution in [2.45, 2.75) is 20.6 Å². The summed E-state index contributed by atoms with van der Waals surface area (Å²) in [5, 5.41) is 1.97. The van der Waals surface area contributed by atoms with Crippen molar-refractivity contribution >= 4 is 38.2 Å². The number of para-hydroxylation sites is 1. The SMILES string of the molecule is [2H]C([2H])([2H])c1ccc(-c2[c-]cccc2)nc1.[2H]C([2H])([2H])c1nc(C([2H])([2H])[2H])n2c3ccc[c-]c3c3nc4ccccc4cc3c12.[Ir]. The van der Waals surface area contributed by atoms with Crippen LogP contribution in [0.5, 0.6) is 0 Å². The Morgan fingerprint density at radius 2 is 1.73 bits per heavy atom. The molecule has 0 N–H and O–H groups in total. The second-order valence-corrected chi connectivity index (χ2v) is 8.18. The molecule has 183 valence electrons. The second-order valence-electron chi connectivity index (χ2n) is 8.18. The molecule has 4 heterocycles. The van der Waals surface area contributed by atoms with Crippen LogP contribution in [-0.4, -0.2) is 19.4 Å². The Kier molecular flexibility index (Phi) is 4.43. The Labute approximate surface area is 242 Å². The minimum atomic E-state index is -2.59. The fourth-order valence-electron chi connectivity index (χ4n) is 4.30. The third kappa shape index (κ3) is 4.53. The fourth-order valence-corrected chi connectivity index (χ4v) is 4.30. The van der Waals surface area contributed by atoms with E-state index in [1.165, 1.54) is 10.6 Å². The summed E-state index contributed by atoms with van der Waals surface area (Å²) in [6, 6.07) is 31.5. The number of pyridine rings is 3. The summed E-state index contributed by atoms with van der Waals surface area (Å²) in [6.07, 6.45) is 1.39. The van der Waals surface area contributed by atoms with Crippen molar-refractivity contribution in [3.05, 3.63) is 120 Å². The van der Waals surface area contributed by atoms with E-state index >= 15 is 0 Å². The Morgan fingerprint density at radius 3 is 2.51 bits per heavy atom. The molecule has 1 radical (unpaired) electrons. The molecule has 5 heteroatoms. The van der Waals surface area contributed by atoms with E-state index in [0.29, 0.717) is 21.8 Å². The molecule has 0 spiro atoms. The minimum absolute atomic E-state index is 0. The number of fused-ring (bicyclic) bond motifs is 7. The number of benzene rings is 3. The summed E-state index contributed by atoms with van der Waals surface area (Å²) in [5.74, 6) is -0.279. The zero-order valence-electron chi connectivity index (χ0n) is 28.3. The van der Waals surface area contributed by atoms with Gasteiger partial charge in [-0.1, -0.05) is 36.4 Å². The van der Waals surface area contributed by atoms with Gasteiger partial charge in [0.25, 0.3) is 0 Å². The van der Waals surface area contributed by atoms with Gasteiger partial charge in [0, 0.05) is 44.2 Å². The van der Waals surface area contributed by atoms with E-state index in [2.05, 4.69) is 22.1 Å². The predicted octanol–water partition coefficient (Wildman–Crippen LogP) is 7.46. The molecule has 7 rings (SSSR count). The number of hydrogen-bond donors (Lipinski definition) is 0. The second kappa shape index (κ2) is 10.2. The van der Waals surface area contributed by atoms with Crippen molar-refractivity contribution in [2.24, 2.45) is 0 Å². The molecule has 0 saturated heterocycles. The number of hydrogen-bond acceptors (Lipinski definition) is 3. The molecule has 3 aromatic carbocycles. The van der Waals surface area contributed by atoms with Crippen LogP contribution in [0, 0.1) is 32.7 Å². The average molecular weight is 666 g/mol. The molecule has 0 aliphatic carbocycles. The molecule has 0 saturated carbocycles. The first kappa shape index (κ1) is 16.0. The number of aryl methyl sites for hydroxylation is 3. The van der Waals surface area contributed by atoms with E-state index in [9.17, 15) is 0 Å². The molecular weight excluding hydrogens is 633 g/mol. The standard InChI is InChI=1S/C20H14N3.C12H10N.Ir/c1-12-20-16-11-14-7-3-5-9-17(14)22-19(16)15-8-4-6-10-18(15)23(20)13(2)21-12;1-10-7-8-12(13-9-10)11-5-3-2-4-6-11;/h3-7,9-11H,1-2H3;2-5,7-9H,1H3;/q2*-1;/i1D3,2D3;1D3;. The summed E-state index contributed by atoms with van der Waals surface area (Å²) in [6.45, 7) is -7.27. The van der Waals surface area contributed by atoms with Crippen LogP contribution < -0.4 is 0 Å². The zero-order valence-corrected chi connectivity index (χ0v) is 21.7. The number of rotatable bonds is 1. The third-order valence-electron chi connectivity index (χ3n) is 5.92. The quantitative estimate of drug-likeness (QED) is 0.104. The molecule has 0 bridgehead atoms.